The minimum absolute atomic E-state index is 0.0471. The van der Waals surface area contributed by atoms with Gasteiger partial charge < -0.3 is 9.80 Å². The fourth-order valence-electron chi connectivity index (χ4n) is 2.12. The van der Waals surface area contributed by atoms with Crippen molar-refractivity contribution in [1.29, 1.82) is 0 Å². The van der Waals surface area contributed by atoms with Crippen LogP contribution in [0.3, 0.4) is 0 Å². The molecule has 0 spiro atoms. The van der Waals surface area contributed by atoms with Gasteiger partial charge in [0, 0.05) is 32.4 Å². The SMILES string of the molecule is CC(C)(C)/C=C/C(=O)N1CCN(c2ccccn2)CC1. The molecule has 0 saturated carbocycles. The highest BCUT2D eigenvalue weighted by Crippen LogP contribution is 2.16. The van der Waals surface area contributed by atoms with Gasteiger partial charge in [-0.1, -0.05) is 32.9 Å². The summed E-state index contributed by atoms with van der Waals surface area (Å²) in [5, 5.41) is 0. The molecule has 0 aromatic carbocycles. The first kappa shape index (κ1) is 14.6. The van der Waals surface area contributed by atoms with Gasteiger partial charge in [0.2, 0.25) is 5.91 Å². The lowest BCUT2D eigenvalue weighted by molar-refractivity contribution is -0.126. The molecule has 1 saturated heterocycles. The highest BCUT2D eigenvalue weighted by molar-refractivity contribution is 5.87. The summed E-state index contributed by atoms with van der Waals surface area (Å²) in [6.07, 6.45) is 5.48. The predicted molar refractivity (Wildman–Crippen MR) is 81.6 cm³/mol. The van der Waals surface area contributed by atoms with Crippen molar-refractivity contribution >= 4 is 11.7 Å². The number of carbonyl (C=O) groups is 1. The number of carbonyl (C=O) groups excluding carboxylic acids is 1. The summed E-state index contributed by atoms with van der Waals surface area (Å²) in [5.74, 6) is 1.10. The second-order valence-electron chi connectivity index (χ2n) is 6.20. The van der Waals surface area contributed by atoms with E-state index < -0.39 is 0 Å². The first-order valence-corrected chi connectivity index (χ1v) is 7.10. The van der Waals surface area contributed by atoms with Crippen LogP contribution in [0.4, 0.5) is 5.82 Å². The zero-order valence-electron chi connectivity index (χ0n) is 12.5. The molecule has 1 aromatic rings. The van der Waals surface area contributed by atoms with Gasteiger partial charge in [0.25, 0.3) is 0 Å². The van der Waals surface area contributed by atoms with Crippen molar-refractivity contribution in [1.82, 2.24) is 9.88 Å². The van der Waals surface area contributed by atoms with Gasteiger partial charge in [0.15, 0.2) is 0 Å². The molecule has 20 heavy (non-hydrogen) atoms. The first-order valence-electron chi connectivity index (χ1n) is 7.10. The summed E-state index contributed by atoms with van der Waals surface area (Å²) < 4.78 is 0. The van der Waals surface area contributed by atoms with Gasteiger partial charge >= 0.3 is 0 Å². The Morgan fingerprint density at radius 2 is 1.90 bits per heavy atom. The maximum absolute atomic E-state index is 12.1. The van der Waals surface area contributed by atoms with Crippen LogP contribution in [0.1, 0.15) is 20.8 Å². The van der Waals surface area contributed by atoms with E-state index in [1.807, 2.05) is 29.2 Å². The van der Waals surface area contributed by atoms with Crippen molar-refractivity contribution < 1.29 is 4.79 Å². The average molecular weight is 273 g/mol. The minimum atomic E-state index is 0.0471. The number of rotatable bonds is 2. The second-order valence-corrected chi connectivity index (χ2v) is 6.20. The van der Waals surface area contributed by atoms with E-state index in [0.29, 0.717) is 0 Å². The van der Waals surface area contributed by atoms with Crippen molar-refractivity contribution in [3.8, 4) is 0 Å². The van der Waals surface area contributed by atoms with E-state index in [1.54, 1.807) is 12.3 Å². The van der Waals surface area contributed by atoms with Crippen LogP contribution in [0.25, 0.3) is 0 Å². The Hall–Kier alpha value is -1.84. The predicted octanol–water partition coefficient (Wildman–Crippen LogP) is 2.33. The minimum Gasteiger partial charge on any atom is -0.353 e. The number of piperazine rings is 1. The fourth-order valence-corrected chi connectivity index (χ4v) is 2.12. The molecule has 0 N–H and O–H groups in total. The second kappa shape index (κ2) is 6.07. The molecule has 0 bridgehead atoms. The summed E-state index contributed by atoms with van der Waals surface area (Å²) in [7, 11) is 0. The molecule has 0 atom stereocenters. The molecule has 2 rings (SSSR count). The van der Waals surface area contributed by atoms with Crippen LogP contribution in [0.15, 0.2) is 36.5 Å². The van der Waals surface area contributed by atoms with E-state index in [-0.39, 0.29) is 11.3 Å². The molecule has 0 aliphatic carbocycles. The maximum Gasteiger partial charge on any atom is 0.246 e. The van der Waals surface area contributed by atoms with Crippen LogP contribution >= 0.6 is 0 Å². The van der Waals surface area contributed by atoms with Gasteiger partial charge in [-0.15, -0.1) is 0 Å². The van der Waals surface area contributed by atoms with Crippen LogP contribution < -0.4 is 4.90 Å². The van der Waals surface area contributed by atoms with Crippen molar-refractivity contribution in [3.63, 3.8) is 0 Å². The number of hydrogen-bond donors (Lipinski definition) is 0. The molecule has 1 aromatic heterocycles. The smallest absolute Gasteiger partial charge is 0.246 e. The molecule has 1 aliphatic heterocycles. The number of nitrogens with zero attached hydrogens (tertiary/aromatic N) is 3. The quantitative estimate of drug-likeness (QED) is 0.776. The Morgan fingerprint density at radius 1 is 1.20 bits per heavy atom. The van der Waals surface area contributed by atoms with E-state index >= 15 is 0 Å². The number of pyridine rings is 1. The number of amides is 1. The summed E-state index contributed by atoms with van der Waals surface area (Å²) in [4.78, 5) is 20.6. The van der Waals surface area contributed by atoms with Gasteiger partial charge in [0.05, 0.1) is 0 Å². The summed E-state index contributed by atoms with van der Waals surface area (Å²) in [6, 6.07) is 5.92. The Morgan fingerprint density at radius 3 is 2.45 bits per heavy atom. The third kappa shape index (κ3) is 4.08. The fraction of sp³-hybridized carbons (Fsp3) is 0.500. The van der Waals surface area contributed by atoms with Crippen molar-refractivity contribution in [2.45, 2.75) is 20.8 Å². The zero-order chi connectivity index (χ0) is 14.6. The van der Waals surface area contributed by atoms with Crippen LogP contribution in [-0.2, 0) is 4.79 Å². The Labute approximate surface area is 121 Å². The molecule has 1 aliphatic rings. The van der Waals surface area contributed by atoms with Crippen LogP contribution in [0.2, 0.25) is 0 Å². The molecule has 2 heterocycles. The molecular weight excluding hydrogens is 250 g/mol. The number of allylic oxidation sites excluding steroid dienone is 1. The normalized spacial score (nSPS) is 16.8. The van der Waals surface area contributed by atoms with Gasteiger partial charge in [-0.25, -0.2) is 4.98 Å². The van der Waals surface area contributed by atoms with Crippen molar-refractivity contribution in [2.75, 3.05) is 31.1 Å². The first-order chi connectivity index (χ1) is 9.46. The highest BCUT2D eigenvalue weighted by Gasteiger charge is 2.20. The van der Waals surface area contributed by atoms with E-state index in [1.165, 1.54) is 0 Å². The third-order valence-corrected chi connectivity index (χ3v) is 3.29. The Balaban J connectivity index is 1.88. The summed E-state index contributed by atoms with van der Waals surface area (Å²) >= 11 is 0. The third-order valence-electron chi connectivity index (χ3n) is 3.29. The molecule has 0 radical (unpaired) electrons. The lowest BCUT2D eigenvalue weighted by atomic mass is 9.96. The topological polar surface area (TPSA) is 36.4 Å². The van der Waals surface area contributed by atoms with Gasteiger partial charge in [-0.2, -0.15) is 0 Å². The van der Waals surface area contributed by atoms with E-state index in [9.17, 15) is 4.79 Å². The zero-order valence-corrected chi connectivity index (χ0v) is 12.5. The highest BCUT2D eigenvalue weighted by atomic mass is 16.2. The lowest BCUT2D eigenvalue weighted by Gasteiger charge is -2.35. The van der Waals surface area contributed by atoms with Crippen molar-refractivity contribution in [3.05, 3.63) is 36.5 Å². The monoisotopic (exact) mass is 273 g/mol. The van der Waals surface area contributed by atoms with Gasteiger partial charge in [-0.3, -0.25) is 4.79 Å². The van der Waals surface area contributed by atoms with Crippen LogP contribution in [-0.4, -0.2) is 42.0 Å². The van der Waals surface area contributed by atoms with E-state index in [2.05, 4.69) is 30.7 Å². The summed E-state index contributed by atoms with van der Waals surface area (Å²) in [6.45, 7) is 9.47. The largest absolute Gasteiger partial charge is 0.353 e. The van der Waals surface area contributed by atoms with E-state index in [4.69, 9.17) is 0 Å². The van der Waals surface area contributed by atoms with Crippen molar-refractivity contribution in [2.24, 2.45) is 5.41 Å². The molecule has 4 heteroatoms. The molecule has 4 nitrogen and oxygen atoms in total. The van der Waals surface area contributed by atoms with E-state index in [0.717, 1.165) is 32.0 Å². The standard InChI is InChI=1S/C16H23N3O/c1-16(2,3)8-7-15(20)19-12-10-18(11-13-19)14-6-4-5-9-17-14/h4-9H,10-13H2,1-3H3/b8-7+. The Bertz CT molecular complexity index is 468. The van der Waals surface area contributed by atoms with Crippen LogP contribution in [0.5, 0.6) is 0 Å². The van der Waals surface area contributed by atoms with Crippen LogP contribution in [0, 0.1) is 5.41 Å². The number of anilines is 1. The molecular formula is C16H23N3O. The molecule has 1 amide bonds. The average Bonchev–Trinajstić information content (AvgIpc) is 2.45. The number of hydrogen-bond acceptors (Lipinski definition) is 3. The molecule has 0 unspecified atom stereocenters. The Kier molecular flexibility index (Phi) is 4.42. The molecule has 1 fully saturated rings. The van der Waals surface area contributed by atoms with Gasteiger partial charge in [0.1, 0.15) is 5.82 Å². The van der Waals surface area contributed by atoms with Gasteiger partial charge in [-0.05, 0) is 23.6 Å². The number of aromatic nitrogens is 1. The summed E-state index contributed by atoms with van der Waals surface area (Å²) in [5.41, 5.74) is 0.0471. The maximum atomic E-state index is 12.1. The lowest BCUT2D eigenvalue weighted by Crippen LogP contribution is -2.48. The molecule has 108 valence electrons.